The molecule has 1 aromatic carbocycles. The number of nitrogens with one attached hydrogen (secondary N) is 1. The van der Waals surface area contributed by atoms with Gasteiger partial charge in [0.25, 0.3) is 0 Å². The van der Waals surface area contributed by atoms with Gasteiger partial charge in [-0.15, -0.1) is 0 Å². The van der Waals surface area contributed by atoms with Crippen molar-refractivity contribution in [3.63, 3.8) is 0 Å². The standard InChI is InChI=1S/C15H18ClN3O4/c1-3-11(17)13(14(18)19)15(21)23-7-12(20)9-5-4-8(22-2)6-10(9)16/h4-6H,3,7,17H2,1-2H3,(H3,18,19). The van der Waals surface area contributed by atoms with Gasteiger partial charge in [0, 0.05) is 11.3 Å². The van der Waals surface area contributed by atoms with Crippen molar-refractivity contribution in [1.29, 1.82) is 5.41 Å². The van der Waals surface area contributed by atoms with Crippen molar-refractivity contribution in [2.24, 2.45) is 11.5 Å². The molecular weight excluding hydrogens is 322 g/mol. The van der Waals surface area contributed by atoms with Gasteiger partial charge in [0.15, 0.2) is 6.61 Å². The van der Waals surface area contributed by atoms with Crippen LogP contribution in [0.4, 0.5) is 0 Å². The molecule has 0 unspecified atom stereocenters. The summed E-state index contributed by atoms with van der Waals surface area (Å²) in [5, 5.41) is 7.54. The SMILES string of the molecule is CCC(N)=C(C(=N)N)C(=O)OCC(=O)c1ccc(OC)cc1Cl. The number of ketones is 1. The maximum absolute atomic E-state index is 12.1. The Morgan fingerprint density at radius 3 is 2.43 bits per heavy atom. The molecule has 0 aliphatic rings. The zero-order valence-corrected chi connectivity index (χ0v) is 13.6. The third-order valence-corrected chi connectivity index (χ3v) is 3.30. The predicted octanol–water partition coefficient (Wildman–Crippen LogP) is 1.63. The summed E-state index contributed by atoms with van der Waals surface area (Å²) < 4.78 is 9.87. The summed E-state index contributed by atoms with van der Waals surface area (Å²) in [7, 11) is 1.47. The number of Topliss-reactive ketones (excluding diaryl/α,β-unsaturated/α-hetero) is 1. The van der Waals surface area contributed by atoms with Gasteiger partial charge in [-0.1, -0.05) is 18.5 Å². The molecule has 0 heterocycles. The van der Waals surface area contributed by atoms with Gasteiger partial charge in [0.1, 0.15) is 17.2 Å². The zero-order chi connectivity index (χ0) is 17.6. The summed E-state index contributed by atoms with van der Waals surface area (Å²) in [6.45, 7) is 1.16. The molecule has 0 atom stereocenters. The molecule has 8 heteroatoms. The first-order valence-corrected chi connectivity index (χ1v) is 7.06. The van der Waals surface area contributed by atoms with E-state index in [4.69, 9.17) is 38.0 Å². The highest BCUT2D eigenvalue weighted by atomic mass is 35.5. The van der Waals surface area contributed by atoms with Crippen LogP contribution in [0.5, 0.6) is 5.75 Å². The molecule has 0 spiro atoms. The fourth-order valence-corrected chi connectivity index (χ4v) is 2.00. The largest absolute Gasteiger partial charge is 0.497 e. The van der Waals surface area contributed by atoms with Crippen molar-refractivity contribution < 1.29 is 19.1 Å². The third kappa shape index (κ3) is 4.72. The van der Waals surface area contributed by atoms with Gasteiger partial charge in [-0.25, -0.2) is 4.79 Å². The molecule has 0 fully saturated rings. The highest BCUT2D eigenvalue weighted by molar-refractivity contribution is 6.34. The van der Waals surface area contributed by atoms with Crippen LogP contribution < -0.4 is 16.2 Å². The fourth-order valence-electron chi connectivity index (χ4n) is 1.72. The van der Waals surface area contributed by atoms with Crippen LogP contribution in [-0.2, 0) is 9.53 Å². The molecule has 0 saturated heterocycles. The number of carbonyl (C=O) groups is 2. The van der Waals surface area contributed by atoms with Gasteiger partial charge in [0.05, 0.1) is 12.1 Å². The topological polar surface area (TPSA) is 128 Å². The number of benzene rings is 1. The summed E-state index contributed by atoms with van der Waals surface area (Å²) >= 11 is 5.98. The molecule has 5 N–H and O–H groups in total. The Hall–Kier alpha value is -2.54. The number of methoxy groups -OCH3 is 1. The summed E-state index contributed by atoms with van der Waals surface area (Å²) in [6, 6.07) is 4.52. The minimum Gasteiger partial charge on any atom is -0.497 e. The number of halogens is 1. The Bertz CT molecular complexity index is 671. The van der Waals surface area contributed by atoms with E-state index in [0.717, 1.165) is 0 Å². The average Bonchev–Trinajstić information content (AvgIpc) is 2.51. The van der Waals surface area contributed by atoms with Crippen LogP contribution in [0.3, 0.4) is 0 Å². The van der Waals surface area contributed by atoms with E-state index >= 15 is 0 Å². The normalized spacial score (nSPS) is 11.4. The minimum atomic E-state index is -0.921. The van der Waals surface area contributed by atoms with Crippen LogP contribution >= 0.6 is 11.6 Å². The molecule has 0 aliphatic heterocycles. The van der Waals surface area contributed by atoms with E-state index in [1.165, 1.54) is 19.2 Å². The van der Waals surface area contributed by atoms with Gasteiger partial charge in [0.2, 0.25) is 5.78 Å². The van der Waals surface area contributed by atoms with Crippen molar-refractivity contribution in [2.75, 3.05) is 13.7 Å². The van der Waals surface area contributed by atoms with Crippen LogP contribution in [0.25, 0.3) is 0 Å². The van der Waals surface area contributed by atoms with E-state index in [0.29, 0.717) is 12.2 Å². The lowest BCUT2D eigenvalue weighted by atomic mass is 10.1. The maximum Gasteiger partial charge on any atom is 0.344 e. The second-order valence-corrected chi connectivity index (χ2v) is 4.92. The maximum atomic E-state index is 12.1. The van der Waals surface area contributed by atoms with E-state index in [2.05, 4.69) is 0 Å². The van der Waals surface area contributed by atoms with Crippen LogP contribution in [-0.4, -0.2) is 31.3 Å². The number of esters is 1. The molecule has 124 valence electrons. The number of rotatable bonds is 7. The molecule has 7 nitrogen and oxygen atoms in total. The number of hydrogen-bond acceptors (Lipinski definition) is 6. The minimum absolute atomic E-state index is 0.123. The third-order valence-electron chi connectivity index (χ3n) is 2.99. The van der Waals surface area contributed by atoms with E-state index in [1.807, 2.05) is 0 Å². The summed E-state index contributed by atoms with van der Waals surface area (Å²) in [4.78, 5) is 24.0. The Kier molecular flexibility index (Phi) is 6.59. The average molecular weight is 340 g/mol. The Morgan fingerprint density at radius 2 is 1.96 bits per heavy atom. The van der Waals surface area contributed by atoms with E-state index in [9.17, 15) is 9.59 Å². The lowest BCUT2D eigenvalue weighted by Gasteiger charge is -2.10. The quantitative estimate of drug-likeness (QED) is 0.228. The van der Waals surface area contributed by atoms with Crippen LogP contribution in [0.15, 0.2) is 29.5 Å². The predicted molar refractivity (Wildman–Crippen MR) is 86.7 cm³/mol. The van der Waals surface area contributed by atoms with Gasteiger partial charge < -0.3 is 20.9 Å². The van der Waals surface area contributed by atoms with Crippen molar-refractivity contribution in [2.45, 2.75) is 13.3 Å². The van der Waals surface area contributed by atoms with E-state index < -0.39 is 24.2 Å². The summed E-state index contributed by atoms with van der Waals surface area (Å²) in [5.74, 6) is -1.43. The number of carbonyl (C=O) groups excluding carboxylic acids is 2. The number of hydrogen-bond donors (Lipinski definition) is 3. The zero-order valence-electron chi connectivity index (χ0n) is 12.8. The second-order valence-electron chi connectivity index (χ2n) is 4.51. The molecular formula is C15H18ClN3O4. The number of nitrogens with two attached hydrogens (primary N) is 2. The highest BCUT2D eigenvalue weighted by Gasteiger charge is 2.20. The van der Waals surface area contributed by atoms with Crippen LogP contribution in [0.1, 0.15) is 23.7 Å². The summed E-state index contributed by atoms with van der Waals surface area (Å²) in [5.41, 5.74) is 11.0. The van der Waals surface area contributed by atoms with E-state index in [-0.39, 0.29) is 21.9 Å². The van der Waals surface area contributed by atoms with Gasteiger partial charge in [-0.3, -0.25) is 10.2 Å². The molecule has 23 heavy (non-hydrogen) atoms. The highest BCUT2D eigenvalue weighted by Crippen LogP contribution is 2.22. The van der Waals surface area contributed by atoms with Gasteiger partial charge in [-0.2, -0.15) is 0 Å². The Balaban J connectivity index is 2.83. The molecule has 1 aromatic rings. The molecule has 1 rings (SSSR count). The number of amidine groups is 1. The second kappa shape index (κ2) is 8.19. The van der Waals surface area contributed by atoms with Crippen molar-refractivity contribution in [1.82, 2.24) is 0 Å². The molecule has 0 saturated carbocycles. The van der Waals surface area contributed by atoms with Crippen LogP contribution in [0, 0.1) is 5.41 Å². The molecule has 0 amide bonds. The first-order valence-electron chi connectivity index (χ1n) is 6.68. The van der Waals surface area contributed by atoms with Gasteiger partial charge in [-0.05, 0) is 24.6 Å². The van der Waals surface area contributed by atoms with E-state index in [1.54, 1.807) is 13.0 Å². The Labute approximate surface area is 138 Å². The summed E-state index contributed by atoms with van der Waals surface area (Å²) in [6.07, 6.45) is 0.322. The molecule has 0 radical (unpaired) electrons. The first-order chi connectivity index (χ1) is 10.8. The van der Waals surface area contributed by atoms with Crippen molar-refractivity contribution >= 4 is 29.2 Å². The number of allylic oxidation sites excluding steroid dienone is 1. The van der Waals surface area contributed by atoms with Crippen molar-refractivity contribution in [3.05, 3.63) is 40.1 Å². The molecule has 0 bridgehead atoms. The lowest BCUT2D eigenvalue weighted by Crippen LogP contribution is -2.27. The first kappa shape index (κ1) is 18.5. The smallest absolute Gasteiger partial charge is 0.344 e. The molecule has 0 aliphatic carbocycles. The fraction of sp³-hybridized carbons (Fsp3) is 0.267. The molecule has 0 aromatic heterocycles. The Morgan fingerprint density at radius 1 is 1.30 bits per heavy atom. The number of ether oxygens (including phenoxy) is 2. The lowest BCUT2D eigenvalue weighted by molar-refractivity contribution is -0.137. The van der Waals surface area contributed by atoms with Crippen molar-refractivity contribution in [3.8, 4) is 5.75 Å². The van der Waals surface area contributed by atoms with Gasteiger partial charge >= 0.3 is 5.97 Å². The monoisotopic (exact) mass is 339 g/mol. The van der Waals surface area contributed by atoms with Crippen LogP contribution in [0.2, 0.25) is 5.02 Å².